The van der Waals surface area contributed by atoms with Crippen molar-refractivity contribution < 1.29 is 13.0 Å². The molecule has 0 aliphatic heterocycles. The SMILES string of the molecule is CCSc1nc(Nc2cc(N(CC)CC)ccc2N=Nc2cccs2)nc(Nc2cc(N(CC)CC)ccc2N=Nc2sccc2S(=O)(=O)O)n1. The van der Waals surface area contributed by atoms with E-state index < -0.39 is 10.1 Å². The van der Waals surface area contributed by atoms with E-state index in [-0.39, 0.29) is 15.8 Å². The third-order valence-electron chi connectivity index (χ3n) is 7.50. The van der Waals surface area contributed by atoms with Gasteiger partial charge >= 0.3 is 0 Å². The number of nitrogens with one attached hydrogen (secondary N) is 2. The molecule has 268 valence electrons. The Hall–Kier alpha value is -4.49. The molecule has 0 amide bonds. The molecule has 0 fully saturated rings. The molecule has 0 bridgehead atoms. The van der Waals surface area contributed by atoms with Crippen LogP contribution in [-0.2, 0) is 10.1 Å². The van der Waals surface area contributed by atoms with E-state index in [1.165, 1.54) is 34.5 Å². The Morgan fingerprint density at radius 3 is 1.78 bits per heavy atom. The summed E-state index contributed by atoms with van der Waals surface area (Å²) in [5.41, 5.74) is 4.18. The number of aromatic nitrogens is 3. The second-order valence-electron chi connectivity index (χ2n) is 10.6. The van der Waals surface area contributed by atoms with Crippen molar-refractivity contribution in [1.82, 2.24) is 15.0 Å². The first-order valence-electron chi connectivity index (χ1n) is 16.3. The predicted octanol–water partition coefficient (Wildman–Crippen LogP) is 10.4. The summed E-state index contributed by atoms with van der Waals surface area (Å²) in [7, 11) is -4.46. The van der Waals surface area contributed by atoms with Gasteiger partial charge in [-0.2, -0.15) is 23.4 Å². The first-order chi connectivity index (χ1) is 24.6. The number of thiophene rings is 2. The number of benzene rings is 2. The fourth-order valence-electron chi connectivity index (χ4n) is 4.98. The molecular formula is C33H39N11O3S4. The lowest BCUT2D eigenvalue weighted by atomic mass is 10.2. The topological polar surface area (TPSA) is 173 Å². The van der Waals surface area contributed by atoms with Gasteiger partial charge in [-0.25, -0.2) is 0 Å². The highest BCUT2D eigenvalue weighted by molar-refractivity contribution is 7.99. The molecule has 2 aromatic carbocycles. The van der Waals surface area contributed by atoms with Crippen LogP contribution in [0.2, 0.25) is 0 Å². The van der Waals surface area contributed by atoms with Crippen LogP contribution in [0, 0.1) is 0 Å². The normalized spacial score (nSPS) is 11.8. The molecule has 5 aromatic rings. The van der Waals surface area contributed by atoms with E-state index in [1.807, 2.05) is 54.8 Å². The number of hydrogen-bond donors (Lipinski definition) is 3. The second kappa shape index (κ2) is 17.6. The Kier molecular flexibility index (Phi) is 13.1. The van der Waals surface area contributed by atoms with Crippen molar-refractivity contribution >= 4 is 101 Å². The molecular weight excluding hydrogens is 727 g/mol. The Bertz CT molecular complexity index is 2080. The van der Waals surface area contributed by atoms with Gasteiger partial charge in [0.2, 0.25) is 11.9 Å². The van der Waals surface area contributed by atoms with E-state index in [9.17, 15) is 13.0 Å². The maximum absolute atomic E-state index is 11.9. The van der Waals surface area contributed by atoms with E-state index in [0.29, 0.717) is 33.9 Å². The minimum Gasteiger partial charge on any atom is -0.372 e. The van der Waals surface area contributed by atoms with Gasteiger partial charge in [0.15, 0.2) is 10.2 Å². The van der Waals surface area contributed by atoms with Crippen molar-refractivity contribution in [3.05, 3.63) is 65.4 Å². The highest BCUT2D eigenvalue weighted by Gasteiger charge is 2.18. The molecule has 3 heterocycles. The zero-order valence-corrected chi connectivity index (χ0v) is 32.1. The fraction of sp³-hybridized carbons (Fsp3) is 0.303. The van der Waals surface area contributed by atoms with Crippen LogP contribution in [0.15, 0.2) is 95.9 Å². The Labute approximate surface area is 310 Å². The smallest absolute Gasteiger partial charge is 0.297 e. The van der Waals surface area contributed by atoms with Gasteiger partial charge in [0, 0.05) is 37.6 Å². The van der Waals surface area contributed by atoms with Gasteiger partial charge in [-0.3, -0.25) is 4.55 Å². The molecule has 0 spiro atoms. The Morgan fingerprint density at radius 2 is 1.29 bits per heavy atom. The van der Waals surface area contributed by atoms with Crippen molar-refractivity contribution in [2.24, 2.45) is 20.5 Å². The molecule has 5 rings (SSSR count). The summed E-state index contributed by atoms with van der Waals surface area (Å²) in [5.74, 6) is 1.29. The summed E-state index contributed by atoms with van der Waals surface area (Å²) in [6.07, 6.45) is 0. The maximum atomic E-state index is 11.9. The molecule has 0 aliphatic carbocycles. The predicted molar refractivity (Wildman–Crippen MR) is 210 cm³/mol. The zero-order valence-electron chi connectivity index (χ0n) is 28.8. The van der Waals surface area contributed by atoms with Crippen molar-refractivity contribution in [3.63, 3.8) is 0 Å². The summed E-state index contributed by atoms with van der Waals surface area (Å²) in [5, 5.41) is 29.0. The highest BCUT2D eigenvalue weighted by atomic mass is 32.2. The molecule has 51 heavy (non-hydrogen) atoms. The third kappa shape index (κ3) is 9.85. The molecule has 0 saturated heterocycles. The lowest BCUT2D eigenvalue weighted by molar-refractivity contribution is 0.484. The van der Waals surface area contributed by atoms with Gasteiger partial charge in [-0.05, 0) is 98.8 Å². The van der Waals surface area contributed by atoms with Crippen molar-refractivity contribution in [2.75, 3.05) is 52.4 Å². The lowest BCUT2D eigenvalue weighted by Gasteiger charge is -2.22. The van der Waals surface area contributed by atoms with Gasteiger partial charge in [0.1, 0.15) is 21.3 Å². The number of hydrogen-bond acceptors (Lipinski definition) is 16. The van der Waals surface area contributed by atoms with Crippen LogP contribution < -0.4 is 20.4 Å². The standard InChI is InChI=1S/C33H39N11O3S4/c1-6-43(7-2)22-13-15-24(39-41-29-12-11-18-49-29)26(20-22)34-31-36-32(38-33(37-31)48-10-5)35-27-21-23(44(8-3)9-4)14-16-25(27)40-42-30-28(17-19-50-30)51(45,46)47/h11-21H,6-10H2,1-5H3,(H,45,46,47)(H2,34,35,36,37,38). The first kappa shape index (κ1) is 37.8. The van der Waals surface area contributed by atoms with Gasteiger partial charge in [-0.15, -0.1) is 43.1 Å². The minimum atomic E-state index is -4.46. The first-order valence-corrected chi connectivity index (χ1v) is 20.5. The number of nitrogens with zero attached hydrogens (tertiary/aromatic N) is 9. The van der Waals surface area contributed by atoms with Gasteiger partial charge in [-0.1, -0.05) is 18.7 Å². The van der Waals surface area contributed by atoms with E-state index in [0.717, 1.165) is 59.6 Å². The van der Waals surface area contributed by atoms with Crippen LogP contribution in [0.25, 0.3) is 0 Å². The second-order valence-corrected chi connectivity index (χ2v) is 15.1. The lowest BCUT2D eigenvalue weighted by Crippen LogP contribution is -2.21. The summed E-state index contributed by atoms with van der Waals surface area (Å²) in [6.45, 7) is 13.6. The summed E-state index contributed by atoms with van der Waals surface area (Å²) in [6, 6.07) is 16.7. The van der Waals surface area contributed by atoms with Crippen molar-refractivity contribution in [3.8, 4) is 0 Å². The van der Waals surface area contributed by atoms with E-state index in [2.05, 4.69) is 73.6 Å². The number of anilines is 6. The fourth-order valence-corrected chi connectivity index (χ4v) is 7.74. The van der Waals surface area contributed by atoms with Crippen molar-refractivity contribution in [2.45, 2.75) is 44.7 Å². The summed E-state index contributed by atoms with van der Waals surface area (Å²) < 4.78 is 33.4. The van der Waals surface area contributed by atoms with E-state index >= 15 is 0 Å². The third-order valence-corrected chi connectivity index (χ3v) is 10.8. The molecule has 0 atom stereocenters. The zero-order chi connectivity index (χ0) is 36.4. The number of azo groups is 2. The van der Waals surface area contributed by atoms with Crippen LogP contribution in [-0.4, -0.2) is 59.9 Å². The maximum Gasteiger partial charge on any atom is 0.297 e. The van der Waals surface area contributed by atoms with Gasteiger partial charge < -0.3 is 20.4 Å². The molecule has 3 N–H and O–H groups in total. The average Bonchev–Trinajstić information content (AvgIpc) is 3.82. The average molecular weight is 766 g/mol. The molecule has 0 saturated carbocycles. The van der Waals surface area contributed by atoms with Gasteiger partial charge in [0.25, 0.3) is 10.1 Å². The summed E-state index contributed by atoms with van der Waals surface area (Å²) >= 11 is 4.02. The largest absolute Gasteiger partial charge is 0.372 e. The number of thioether (sulfide) groups is 1. The quantitative estimate of drug-likeness (QED) is 0.0467. The van der Waals surface area contributed by atoms with E-state index in [1.54, 1.807) is 6.07 Å². The van der Waals surface area contributed by atoms with Crippen LogP contribution in [0.4, 0.5) is 56.0 Å². The molecule has 3 aromatic heterocycles. The van der Waals surface area contributed by atoms with E-state index in [4.69, 9.17) is 9.97 Å². The van der Waals surface area contributed by atoms with Crippen LogP contribution >= 0.6 is 34.4 Å². The molecule has 14 nitrogen and oxygen atoms in total. The Balaban J connectivity index is 1.55. The van der Waals surface area contributed by atoms with Crippen LogP contribution in [0.3, 0.4) is 0 Å². The minimum absolute atomic E-state index is 0.0588. The monoisotopic (exact) mass is 765 g/mol. The highest BCUT2D eigenvalue weighted by Crippen LogP contribution is 2.38. The Morgan fingerprint density at radius 1 is 0.725 bits per heavy atom. The summed E-state index contributed by atoms with van der Waals surface area (Å²) in [4.78, 5) is 18.2. The van der Waals surface area contributed by atoms with Gasteiger partial charge in [0.05, 0.1) is 11.4 Å². The molecule has 0 aliphatic rings. The molecule has 18 heteroatoms. The number of rotatable bonds is 17. The molecule has 0 radical (unpaired) electrons. The van der Waals surface area contributed by atoms with Crippen LogP contribution in [0.1, 0.15) is 34.6 Å². The molecule has 0 unspecified atom stereocenters. The van der Waals surface area contributed by atoms with Crippen molar-refractivity contribution in [1.29, 1.82) is 0 Å². The van der Waals surface area contributed by atoms with Crippen LogP contribution in [0.5, 0.6) is 0 Å².